The van der Waals surface area contributed by atoms with Gasteiger partial charge >= 0.3 is 0 Å². The lowest BCUT2D eigenvalue weighted by Gasteiger charge is -2.25. The summed E-state index contributed by atoms with van der Waals surface area (Å²) in [4.78, 5) is 4.55. The van der Waals surface area contributed by atoms with Crippen LogP contribution in [0.5, 0.6) is 0 Å². The number of hydrogen-bond donors (Lipinski definition) is 0. The van der Waals surface area contributed by atoms with E-state index in [1.165, 1.54) is 32.7 Å². The largest absolute Gasteiger partial charge is 0.456 e. The minimum atomic E-state index is 0.743. The molecule has 0 saturated carbocycles. The quantitative estimate of drug-likeness (QED) is 0.150. The van der Waals surface area contributed by atoms with Crippen LogP contribution in [0.15, 0.2) is 301 Å². The van der Waals surface area contributed by atoms with Gasteiger partial charge in [-0.3, -0.25) is 0 Å². The molecule has 14 aromatic carbocycles. The highest BCUT2D eigenvalue weighted by Gasteiger charge is 2.24. The van der Waals surface area contributed by atoms with Gasteiger partial charge in [0.15, 0.2) is 0 Å². The summed E-state index contributed by atoms with van der Waals surface area (Å²) in [7, 11) is 0. The van der Waals surface area contributed by atoms with Gasteiger partial charge in [-0.2, -0.15) is 0 Å². The molecule has 87 heavy (non-hydrogen) atoms. The molecule has 19 aromatic rings. The molecule has 0 N–H and O–H groups in total. The van der Waals surface area contributed by atoms with Gasteiger partial charge in [-0.25, -0.2) is 0 Å². The topological polar surface area (TPSA) is 72.2 Å². The average molecular weight is 1120 g/mol. The van der Waals surface area contributed by atoms with Crippen molar-refractivity contribution in [1.82, 2.24) is 0 Å². The Morgan fingerprint density at radius 3 is 1.02 bits per heavy atom. The van der Waals surface area contributed by atoms with Crippen molar-refractivity contribution in [3.05, 3.63) is 279 Å². The predicted molar refractivity (Wildman–Crippen MR) is 358 cm³/mol. The second-order valence-corrected chi connectivity index (χ2v) is 22.7. The smallest absolute Gasteiger partial charge is 0.147 e. The molecule has 7 nitrogen and oxygen atoms in total. The van der Waals surface area contributed by atoms with Gasteiger partial charge in [-0.15, -0.1) is 0 Å². The molecule has 0 fully saturated rings. The van der Waals surface area contributed by atoms with E-state index in [0.29, 0.717) is 0 Å². The van der Waals surface area contributed by atoms with Crippen LogP contribution >= 0.6 is 0 Å². The average Bonchev–Trinajstić information content (AvgIpc) is 4.65. The summed E-state index contributed by atoms with van der Waals surface area (Å²) in [6.07, 6.45) is 0. The molecular weight excluding hydrogens is 1070 g/mol. The van der Waals surface area contributed by atoms with Crippen molar-refractivity contribution < 1.29 is 22.1 Å². The first-order valence-electron chi connectivity index (χ1n) is 29.3. The Morgan fingerprint density at radius 1 is 0.184 bits per heavy atom. The highest BCUT2D eigenvalue weighted by Crippen LogP contribution is 2.48. The summed E-state index contributed by atoms with van der Waals surface area (Å²) in [5.74, 6) is 0. The minimum Gasteiger partial charge on any atom is -0.456 e. The van der Waals surface area contributed by atoms with E-state index in [0.717, 1.165) is 155 Å². The third kappa shape index (κ3) is 7.43. The highest BCUT2D eigenvalue weighted by molar-refractivity contribution is 6.30. The summed E-state index contributed by atoms with van der Waals surface area (Å²) in [6.45, 7) is 0. The molecule has 5 aromatic heterocycles. The van der Waals surface area contributed by atoms with Gasteiger partial charge in [0, 0.05) is 107 Å². The van der Waals surface area contributed by atoms with E-state index in [1.54, 1.807) is 0 Å². The van der Waals surface area contributed by atoms with Crippen LogP contribution in [0.25, 0.3) is 153 Å². The summed E-state index contributed by atoms with van der Waals surface area (Å²) < 4.78 is 33.6. The van der Waals surface area contributed by atoms with Crippen LogP contribution in [0.4, 0.5) is 34.1 Å². The SMILES string of the molecule is c1ccc2cc(-c3ccc(N(c4ccc5c(c4)oc4ccccc45)c4ccc5c(c4)oc4ccc6c(oc7ccc8oc9cc(N(c%10ccc(-c%11ccc%12ccccc%12c%11)cc%10)c%10ccc%11c(c%10)oc%10ccccc%10%11)ccc9c8c76)c45)cc3)ccc2c1. The third-order valence-electron chi connectivity index (χ3n) is 17.8. The molecule has 406 valence electrons. The summed E-state index contributed by atoms with van der Waals surface area (Å²) in [5.41, 5.74) is 18.4. The van der Waals surface area contributed by atoms with Crippen LogP contribution in [0.2, 0.25) is 0 Å². The van der Waals surface area contributed by atoms with Crippen LogP contribution in [-0.4, -0.2) is 0 Å². The Hall–Kier alpha value is -11.8. The van der Waals surface area contributed by atoms with E-state index in [2.05, 4.69) is 252 Å². The van der Waals surface area contributed by atoms with E-state index >= 15 is 0 Å². The second-order valence-electron chi connectivity index (χ2n) is 22.7. The van der Waals surface area contributed by atoms with Crippen LogP contribution in [-0.2, 0) is 0 Å². The minimum absolute atomic E-state index is 0.743. The van der Waals surface area contributed by atoms with Crippen molar-refractivity contribution in [3.8, 4) is 22.3 Å². The first-order valence-corrected chi connectivity index (χ1v) is 29.3. The monoisotopic (exact) mass is 1110 g/mol. The van der Waals surface area contributed by atoms with E-state index in [9.17, 15) is 0 Å². The van der Waals surface area contributed by atoms with Gasteiger partial charge in [0.05, 0.1) is 5.39 Å². The van der Waals surface area contributed by atoms with Crippen LogP contribution in [0, 0.1) is 0 Å². The second kappa shape index (κ2) is 18.3. The van der Waals surface area contributed by atoms with Crippen molar-refractivity contribution in [2.45, 2.75) is 0 Å². The standard InChI is InChI=1S/C80H46N2O5/c1-3-11-51-41-53(19-17-47(51)9-1)49-21-25-55(26-22-49)81(57-29-33-63-61-13-5-7-15-68(61)83-73(63)43-57)59-31-35-65-75(45-59)85-70-39-40-71-78(77(65)70)67-37-38-72-79(80(67)87-71)66-36-32-60(46-76(66)86-72)82(58-30-34-64-62-14-6-8-16-69(62)84-74(64)44-58)56-27-23-50(24-28-56)54-20-18-48-10-2-4-12-52(48)42-54/h1-46H. The number of anilines is 6. The van der Waals surface area contributed by atoms with Gasteiger partial charge in [-0.1, -0.05) is 133 Å². The van der Waals surface area contributed by atoms with Gasteiger partial charge in [0.1, 0.15) is 55.8 Å². The molecule has 0 spiro atoms. The number of para-hydroxylation sites is 2. The lowest BCUT2D eigenvalue weighted by molar-refractivity contribution is 0.660. The first kappa shape index (κ1) is 47.7. The molecule has 0 saturated heterocycles. The van der Waals surface area contributed by atoms with Crippen molar-refractivity contribution in [2.75, 3.05) is 9.80 Å². The van der Waals surface area contributed by atoms with Crippen LogP contribution < -0.4 is 9.80 Å². The number of hydrogen-bond acceptors (Lipinski definition) is 7. The molecule has 0 bridgehead atoms. The highest BCUT2D eigenvalue weighted by atomic mass is 16.4. The normalized spacial score (nSPS) is 12.1. The summed E-state index contributed by atoms with van der Waals surface area (Å²) in [6, 6.07) is 98.5. The van der Waals surface area contributed by atoms with Crippen LogP contribution in [0.3, 0.4) is 0 Å². The molecule has 0 amide bonds. The number of fused-ring (bicyclic) bond motifs is 19. The molecule has 0 radical (unpaired) electrons. The summed E-state index contributed by atoms with van der Waals surface area (Å²) in [5, 5.41) is 15.1. The lowest BCUT2D eigenvalue weighted by atomic mass is 10.0. The van der Waals surface area contributed by atoms with E-state index in [-0.39, 0.29) is 0 Å². The fourth-order valence-corrected chi connectivity index (χ4v) is 13.7. The van der Waals surface area contributed by atoms with E-state index in [1.807, 2.05) is 36.4 Å². The van der Waals surface area contributed by atoms with Gasteiger partial charge in [-0.05, 0) is 165 Å². The maximum absolute atomic E-state index is 6.97. The number of rotatable bonds is 8. The van der Waals surface area contributed by atoms with Crippen molar-refractivity contribution in [3.63, 3.8) is 0 Å². The third-order valence-corrected chi connectivity index (χ3v) is 17.8. The molecule has 0 aliphatic carbocycles. The van der Waals surface area contributed by atoms with Crippen LogP contribution in [0.1, 0.15) is 0 Å². The molecule has 0 unspecified atom stereocenters. The van der Waals surface area contributed by atoms with Crippen molar-refractivity contribution in [2.24, 2.45) is 0 Å². The Bertz CT molecular complexity index is 6040. The zero-order valence-corrected chi connectivity index (χ0v) is 46.5. The molecule has 0 aliphatic heterocycles. The molecule has 0 aliphatic rings. The molecule has 0 atom stereocenters. The maximum atomic E-state index is 6.97. The Labute approximate surface area is 495 Å². The fraction of sp³-hybridized carbons (Fsp3) is 0. The molecule has 19 rings (SSSR count). The zero-order valence-electron chi connectivity index (χ0n) is 46.5. The Morgan fingerprint density at radius 2 is 0.517 bits per heavy atom. The zero-order chi connectivity index (χ0) is 56.8. The van der Waals surface area contributed by atoms with E-state index < -0.39 is 0 Å². The molecule has 7 heteroatoms. The first-order chi connectivity index (χ1) is 43.0. The van der Waals surface area contributed by atoms with Crippen molar-refractivity contribution >= 4 is 165 Å². The van der Waals surface area contributed by atoms with Gasteiger partial charge in [0.2, 0.25) is 0 Å². The Kier molecular flexibility index (Phi) is 10.1. The maximum Gasteiger partial charge on any atom is 0.147 e. The number of furan rings is 5. The Balaban J connectivity index is 0.722. The van der Waals surface area contributed by atoms with Crippen molar-refractivity contribution in [1.29, 1.82) is 0 Å². The fourth-order valence-electron chi connectivity index (χ4n) is 13.7. The number of benzene rings is 14. The molecular formula is C80H46N2O5. The van der Waals surface area contributed by atoms with Gasteiger partial charge in [0.25, 0.3) is 0 Å². The number of nitrogens with zero attached hydrogens (tertiary/aromatic N) is 2. The predicted octanol–water partition coefficient (Wildman–Crippen LogP) is 23.8. The lowest BCUT2D eigenvalue weighted by Crippen LogP contribution is -2.09. The van der Waals surface area contributed by atoms with E-state index in [4.69, 9.17) is 22.1 Å². The van der Waals surface area contributed by atoms with Gasteiger partial charge < -0.3 is 31.9 Å². The molecule has 5 heterocycles. The summed E-state index contributed by atoms with van der Waals surface area (Å²) >= 11 is 0.